The van der Waals surface area contributed by atoms with Crippen LogP contribution in [0.25, 0.3) is 20.4 Å². The van der Waals surface area contributed by atoms with E-state index in [0.29, 0.717) is 22.6 Å². The summed E-state index contributed by atoms with van der Waals surface area (Å²) in [6.45, 7) is 0.352. The van der Waals surface area contributed by atoms with Gasteiger partial charge in [-0.3, -0.25) is 9.78 Å². The number of urea groups is 1. The Labute approximate surface area is 156 Å². The number of furan rings is 1. The van der Waals surface area contributed by atoms with Gasteiger partial charge in [0.25, 0.3) is 5.91 Å². The van der Waals surface area contributed by atoms with Crippen LogP contribution in [0.2, 0.25) is 0 Å². The number of ether oxygens (including phenoxy) is 1. The van der Waals surface area contributed by atoms with Gasteiger partial charge < -0.3 is 25.9 Å². The molecule has 136 valence electrons. The summed E-state index contributed by atoms with van der Waals surface area (Å²) in [4.78, 5) is 27.0. The number of hydrogen-bond acceptors (Lipinski definition) is 6. The third-order valence-electron chi connectivity index (χ3n) is 3.88. The number of hydrogen-bond donors (Lipinski definition) is 3. The Morgan fingerprint density at radius 1 is 1.19 bits per heavy atom. The maximum absolute atomic E-state index is 11.6. The molecule has 0 bridgehead atoms. The Bertz CT molecular complexity index is 1170. The molecular weight excluding hydrogens is 368 g/mol. The van der Waals surface area contributed by atoms with Crippen LogP contribution >= 0.6 is 11.3 Å². The molecule has 1 aromatic carbocycles. The highest BCUT2D eigenvalue weighted by molar-refractivity contribution is 7.26. The Kier molecular flexibility index (Phi) is 4.13. The smallest absolute Gasteiger partial charge is 0.316 e. The number of nitrogens with two attached hydrogens (primary N) is 2. The van der Waals surface area contributed by atoms with Crippen LogP contribution in [0.5, 0.6) is 5.75 Å². The van der Waals surface area contributed by atoms with Crippen molar-refractivity contribution in [3.8, 4) is 5.75 Å². The first-order valence-corrected chi connectivity index (χ1v) is 8.72. The summed E-state index contributed by atoms with van der Waals surface area (Å²) in [5.41, 5.74) is 12.1. The highest BCUT2D eigenvalue weighted by Crippen LogP contribution is 2.45. The topological polar surface area (TPSA) is 133 Å². The number of nitrogens with one attached hydrogen (secondary N) is 1. The number of carbonyl (C=O) groups excluding carboxylic acids is 2. The highest BCUT2D eigenvalue weighted by Gasteiger charge is 2.24. The minimum absolute atomic E-state index is 0.140. The molecule has 5 N–H and O–H groups in total. The maximum Gasteiger partial charge on any atom is 0.316 e. The fourth-order valence-corrected chi connectivity index (χ4v) is 3.95. The van der Waals surface area contributed by atoms with Crippen molar-refractivity contribution in [1.29, 1.82) is 0 Å². The summed E-state index contributed by atoms with van der Waals surface area (Å²) in [5, 5.41) is 3.17. The number of benzene rings is 1. The number of pyridine rings is 1. The van der Waals surface area contributed by atoms with Crippen LogP contribution < -0.4 is 21.5 Å². The molecule has 0 unspecified atom stereocenters. The molecule has 0 spiro atoms. The van der Waals surface area contributed by atoms with E-state index >= 15 is 0 Å². The fraction of sp³-hybridized carbons (Fsp3) is 0.0556. The van der Waals surface area contributed by atoms with Crippen LogP contribution in [-0.4, -0.2) is 16.9 Å². The Morgan fingerprint density at radius 3 is 2.74 bits per heavy atom. The third-order valence-corrected chi connectivity index (χ3v) is 5.10. The first-order valence-electron chi connectivity index (χ1n) is 7.90. The number of amides is 3. The van der Waals surface area contributed by atoms with Gasteiger partial charge in [-0.05, 0) is 18.2 Å². The Balaban J connectivity index is 1.80. The van der Waals surface area contributed by atoms with Gasteiger partial charge in [0.2, 0.25) is 5.76 Å². The molecule has 0 fully saturated rings. The Hall–Kier alpha value is -3.59. The van der Waals surface area contributed by atoms with Crippen molar-refractivity contribution >= 4 is 49.3 Å². The number of nitrogens with zero attached hydrogens (tertiary/aromatic N) is 1. The van der Waals surface area contributed by atoms with Crippen molar-refractivity contribution in [3.63, 3.8) is 0 Å². The van der Waals surface area contributed by atoms with Gasteiger partial charge in [-0.2, -0.15) is 0 Å². The first-order chi connectivity index (χ1) is 13.0. The molecule has 3 heterocycles. The molecule has 3 aromatic heterocycles. The molecule has 8 nitrogen and oxygen atoms in total. The van der Waals surface area contributed by atoms with Crippen molar-refractivity contribution in [2.75, 3.05) is 5.32 Å². The zero-order chi connectivity index (χ0) is 19.0. The predicted molar refractivity (Wildman–Crippen MR) is 102 cm³/mol. The van der Waals surface area contributed by atoms with E-state index in [1.54, 1.807) is 12.4 Å². The number of primary amides is 2. The average molecular weight is 382 g/mol. The zero-order valence-electron chi connectivity index (χ0n) is 13.9. The summed E-state index contributed by atoms with van der Waals surface area (Å²) >= 11 is 1.32. The zero-order valence-corrected chi connectivity index (χ0v) is 14.7. The molecule has 0 aliphatic heterocycles. The SMILES string of the molecule is NC(=O)Nc1c(C(N)=O)oc2c1sc1c(OCc3cccnc3)cccc12. The van der Waals surface area contributed by atoms with Crippen molar-refractivity contribution in [1.82, 2.24) is 4.98 Å². The maximum atomic E-state index is 11.6. The van der Waals surface area contributed by atoms with E-state index in [1.807, 2.05) is 30.3 Å². The molecule has 0 radical (unpaired) electrons. The molecule has 0 aliphatic rings. The van der Waals surface area contributed by atoms with Crippen LogP contribution in [0, 0.1) is 0 Å². The second-order valence-electron chi connectivity index (χ2n) is 5.70. The minimum Gasteiger partial charge on any atom is -0.487 e. The predicted octanol–water partition coefficient (Wildman–Crippen LogP) is 3.21. The highest BCUT2D eigenvalue weighted by atomic mass is 32.1. The molecule has 27 heavy (non-hydrogen) atoms. The Morgan fingerprint density at radius 2 is 2.04 bits per heavy atom. The number of aromatic nitrogens is 1. The quantitative estimate of drug-likeness (QED) is 0.487. The van der Waals surface area contributed by atoms with Gasteiger partial charge >= 0.3 is 6.03 Å². The molecule has 9 heteroatoms. The van der Waals surface area contributed by atoms with Crippen molar-refractivity contribution in [2.24, 2.45) is 11.5 Å². The van der Waals surface area contributed by atoms with Gasteiger partial charge in [-0.25, -0.2) is 4.79 Å². The third kappa shape index (κ3) is 3.04. The molecule has 4 rings (SSSR count). The van der Waals surface area contributed by atoms with E-state index < -0.39 is 11.9 Å². The van der Waals surface area contributed by atoms with Crippen molar-refractivity contribution in [2.45, 2.75) is 6.61 Å². The summed E-state index contributed by atoms with van der Waals surface area (Å²) in [6.07, 6.45) is 3.43. The fourth-order valence-electron chi connectivity index (χ4n) is 2.76. The van der Waals surface area contributed by atoms with Gasteiger partial charge in [0, 0.05) is 23.3 Å². The number of rotatable bonds is 5. The standard InChI is InChI=1S/C18H14N4O4S/c19-17(23)14-12(22-18(20)24)16-13(26-14)10-4-1-5-11(15(10)27-16)25-8-9-3-2-6-21-7-9/h1-7H,8H2,(H2,19,23)(H3,20,22,24). The lowest BCUT2D eigenvalue weighted by molar-refractivity contribution is 0.0977. The number of carbonyl (C=O) groups is 2. The van der Waals surface area contributed by atoms with Gasteiger partial charge in [-0.15, -0.1) is 11.3 Å². The van der Waals surface area contributed by atoms with E-state index in [9.17, 15) is 9.59 Å². The summed E-state index contributed by atoms with van der Waals surface area (Å²) in [5.74, 6) is -0.281. The molecule has 0 saturated heterocycles. The monoisotopic (exact) mass is 382 g/mol. The van der Waals surface area contributed by atoms with Gasteiger partial charge in [-0.1, -0.05) is 12.1 Å². The molecule has 0 atom stereocenters. The second-order valence-corrected chi connectivity index (χ2v) is 6.72. The molecule has 0 aliphatic carbocycles. The normalized spacial score (nSPS) is 11.0. The van der Waals surface area contributed by atoms with Crippen LogP contribution in [0.15, 0.2) is 47.1 Å². The first kappa shape index (κ1) is 16.9. The van der Waals surface area contributed by atoms with E-state index in [0.717, 1.165) is 15.6 Å². The molecular formula is C18H14N4O4S. The summed E-state index contributed by atoms with van der Waals surface area (Å²) in [6, 6.07) is 8.44. The average Bonchev–Trinajstić information content (AvgIpc) is 3.18. The number of fused-ring (bicyclic) bond motifs is 3. The van der Waals surface area contributed by atoms with E-state index in [4.69, 9.17) is 20.6 Å². The van der Waals surface area contributed by atoms with E-state index in [2.05, 4.69) is 10.3 Å². The number of anilines is 1. The van der Waals surface area contributed by atoms with E-state index in [1.165, 1.54) is 11.3 Å². The number of thiophene rings is 1. The summed E-state index contributed by atoms with van der Waals surface area (Å²) < 4.78 is 12.9. The van der Waals surface area contributed by atoms with Crippen LogP contribution in [0.1, 0.15) is 16.1 Å². The lowest BCUT2D eigenvalue weighted by atomic mass is 10.2. The van der Waals surface area contributed by atoms with Gasteiger partial charge in [0.05, 0.1) is 9.40 Å². The molecule has 4 aromatic rings. The summed E-state index contributed by atoms with van der Waals surface area (Å²) in [7, 11) is 0. The van der Waals surface area contributed by atoms with Crippen LogP contribution in [0.4, 0.5) is 10.5 Å². The largest absolute Gasteiger partial charge is 0.487 e. The van der Waals surface area contributed by atoms with E-state index in [-0.39, 0.29) is 11.4 Å². The van der Waals surface area contributed by atoms with Gasteiger partial charge in [0.1, 0.15) is 18.0 Å². The minimum atomic E-state index is -0.814. The second kappa shape index (κ2) is 6.61. The molecule has 3 amide bonds. The van der Waals surface area contributed by atoms with Crippen molar-refractivity contribution in [3.05, 3.63) is 54.0 Å². The van der Waals surface area contributed by atoms with Crippen molar-refractivity contribution < 1.29 is 18.7 Å². The van der Waals surface area contributed by atoms with Gasteiger partial charge in [0.15, 0.2) is 5.58 Å². The lowest BCUT2D eigenvalue weighted by Crippen LogP contribution is -2.21. The lowest BCUT2D eigenvalue weighted by Gasteiger charge is -2.07. The molecule has 0 saturated carbocycles. The van der Waals surface area contributed by atoms with Crippen LogP contribution in [0.3, 0.4) is 0 Å². The van der Waals surface area contributed by atoms with Crippen LogP contribution in [-0.2, 0) is 6.61 Å².